The third kappa shape index (κ3) is 5.06. The van der Waals surface area contributed by atoms with E-state index in [1.54, 1.807) is 18.2 Å². The summed E-state index contributed by atoms with van der Waals surface area (Å²) < 4.78 is 5.36. The van der Waals surface area contributed by atoms with Crippen molar-refractivity contribution in [2.24, 2.45) is 0 Å². The Hall–Kier alpha value is -1.30. The maximum Gasteiger partial charge on any atom is 0.260 e. The number of carbonyl (C=O) groups is 1. The first kappa shape index (κ1) is 15.8. The molecule has 6 heteroatoms. The molecule has 0 aromatic heterocycles. The molecule has 0 radical (unpaired) electrons. The SMILES string of the molecule is Cc1cc(OCC(=O)N(CCO)CCO)ccc1Cl. The molecule has 0 atom stereocenters. The number of amides is 1. The summed E-state index contributed by atoms with van der Waals surface area (Å²) in [6.07, 6.45) is 0. The van der Waals surface area contributed by atoms with Crippen LogP contribution < -0.4 is 4.74 Å². The molecule has 0 unspecified atom stereocenters. The number of halogens is 1. The van der Waals surface area contributed by atoms with Crippen LogP contribution in [0, 0.1) is 6.92 Å². The number of aliphatic hydroxyl groups is 2. The van der Waals surface area contributed by atoms with Crippen LogP contribution in [0.4, 0.5) is 0 Å². The van der Waals surface area contributed by atoms with Gasteiger partial charge in [0.2, 0.25) is 0 Å². The molecule has 0 saturated heterocycles. The number of carbonyl (C=O) groups excluding carboxylic acids is 1. The van der Waals surface area contributed by atoms with Crippen molar-refractivity contribution in [2.45, 2.75) is 6.92 Å². The van der Waals surface area contributed by atoms with Gasteiger partial charge in [-0.25, -0.2) is 0 Å². The topological polar surface area (TPSA) is 70.0 Å². The van der Waals surface area contributed by atoms with Gasteiger partial charge in [0.15, 0.2) is 6.61 Å². The molecule has 0 spiro atoms. The smallest absolute Gasteiger partial charge is 0.260 e. The minimum absolute atomic E-state index is 0.138. The molecule has 2 N–H and O–H groups in total. The lowest BCUT2D eigenvalue weighted by Crippen LogP contribution is -2.38. The highest BCUT2D eigenvalue weighted by atomic mass is 35.5. The van der Waals surface area contributed by atoms with Crippen LogP contribution in [-0.4, -0.2) is 53.9 Å². The van der Waals surface area contributed by atoms with Gasteiger partial charge in [-0.2, -0.15) is 0 Å². The Kier molecular flexibility index (Phi) is 6.62. The van der Waals surface area contributed by atoms with Crippen molar-refractivity contribution in [2.75, 3.05) is 32.9 Å². The predicted octanol–water partition coefficient (Wildman–Crippen LogP) is 0.840. The molecular weight excluding hydrogens is 270 g/mol. The van der Waals surface area contributed by atoms with Gasteiger partial charge in [0.1, 0.15) is 5.75 Å². The van der Waals surface area contributed by atoms with E-state index >= 15 is 0 Å². The third-order valence-corrected chi connectivity index (χ3v) is 3.01. The lowest BCUT2D eigenvalue weighted by atomic mass is 10.2. The Morgan fingerprint density at radius 1 is 1.32 bits per heavy atom. The van der Waals surface area contributed by atoms with Gasteiger partial charge < -0.3 is 19.8 Å². The molecule has 5 nitrogen and oxygen atoms in total. The Morgan fingerprint density at radius 3 is 2.47 bits per heavy atom. The van der Waals surface area contributed by atoms with Crippen LogP contribution in [0.3, 0.4) is 0 Å². The number of hydrogen-bond donors (Lipinski definition) is 2. The van der Waals surface area contributed by atoms with Gasteiger partial charge in [-0.3, -0.25) is 4.79 Å². The molecule has 1 aromatic rings. The lowest BCUT2D eigenvalue weighted by molar-refractivity contribution is -0.134. The van der Waals surface area contributed by atoms with Gasteiger partial charge in [0.25, 0.3) is 5.91 Å². The van der Waals surface area contributed by atoms with E-state index in [1.165, 1.54) is 4.90 Å². The van der Waals surface area contributed by atoms with Crippen molar-refractivity contribution in [3.63, 3.8) is 0 Å². The highest BCUT2D eigenvalue weighted by Crippen LogP contribution is 2.20. The molecule has 1 rings (SSSR count). The Labute approximate surface area is 117 Å². The summed E-state index contributed by atoms with van der Waals surface area (Å²) >= 11 is 5.89. The maximum atomic E-state index is 11.8. The van der Waals surface area contributed by atoms with Gasteiger partial charge in [-0.15, -0.1) is 0 Å². The van der Waals surface area contributed by atoms with E-state index in [1.807, 2.05) is 6.92 Å². The van der Waals surface area contributed by atoms with Gasteiger partial charge in [0, 0.05) is 18.1 Å². The van der Waals surface area contributed by atoms with Crippen molar-refractivity contribution in [1.82, 2.24) is 4.90 Å². The van der Waals surface area contributed by atoms with Crippen molar-refractivity contribution in [3.05, 3.63) is 28.8 Å². The molecule has 106 valence electrons. The first-order valence-corrected chi connectivity index (χ1v) is 6.34. The van der Waals surface area contributed by atoms with Crippen molar-refractivity contribution in [3.8, 4) is 5.75 Å². The fraction of sp³-hybridized carbons (Fsp3) is 0.462. The number of nitrogens with zero attached hydrogens (tertiary/aromatic N) is 1. The third-order valence-electron chi connectivity index (χ3n) is 2.58. The van der Waals surface area contributed by atoms with Crippen LogP contribution in [-0.2, 0) is 4.79 Å². The van der Waals surface area contributed by atoms with Crippen LogP contribution >= 0.6 is 11.6 Å². The zero-order chi connectivity index (χ0) is 14.3. The van der Waals surface area contributed by atoms with E-state index in [0.29, 0.717) is 10.8 Å². The van der Waals surface area contributed by atoms with Crippen molar-refractivity contribution in [1.29, 1.82) is 0 Å². The summed E-state index contributed by atoms with van der Waals surface area (Å²) in [6, 6.07) is 5.14. The average Bonchev–Trinajstić information content (AvgIpc) is 2.39. The highest BCUT2D eigenvalue weighted by Gasteiger charge is 2.13. The van der Waals surface area contributed by atoms with Crippen LogP contribution in [0.2, 0.25) is 5.02 Å². The first-order valence-electron chi connectivity index (χ1n) is 5.97. The lowest BCUT2D eigenvalue weighted by Gasteiger charge is -2.20. The molecule has 0 bridgehead atoms. The number of rotatable bonds is 7. The number of ether oxygens (including phenoxy) is 1. The van der Waals surface area contributed by atoms with E-state index in [-0.39, 0.29) is 38.8 Å². The average molecular weight is 288 g/mol. The normalized spacial score (nSPS) is 10.3. The second kappa shape index (κ2) is 7.99. The summed E-state index contributed by atoms with van der Waals surface area (Å²) in [6.45, 7) is 1.78. The van der Waals surface area contributed by atoms with E-state index in [9.17, 15) is 4.79 Å². The molecular formula is C13H18ClNO4. The van der Waals surface area contributed by atoms with E-state index in [4.69, 9.17) is 26.6 Å². The Morgan fingerprint density at radius 2 is 1.95 bits per heavy atom. The highest BCUT2D eigenvalue weighted by molar-refractivity contribution is 6.31. The minimum atomic E-state index is -0.282. The van der Waals surface area contributed by atoms with E-state index in [0.717, 1.165) is 5.56 Å². The summed E-state index contributed by atoms with van der Waals surface area (Å²) in [4.78, 5) is 13.2. The molecule has 0 aliphatic heterocycles. The van der Waals surface area contributed by atoms with Crippen LogP contribution in [0.25, 0.3) is 0 Å². The molecule has 0 aliphatic rings. The first-order chi connectivity index (χ1) is 9.08. The quantitative estimate of drug-likeness (QED) is 0.780. The molecule has 0 fully saturated rings. The summed E-state index contributed by atoms with van der Waals surface area (Å²) in [5.74, 6) is 0.277. The molecule has 0 aliphatic carbocycles. The molecule has 19 heavy (non-hydrogen) atoms. The van der Waals surface area contributed by atoms with E-state index in [2.05, 4.69) is 0 Å². The zero-order valence-corrected chi connectivity index (χ0v) is 11.6. The standard InChI is InChI=1S/C13H18ClNO4/c1-10-8-11(2-3-12(10)14)19-9-13(18)15(4-6-16)5-7-17/h2-3,8,16-17H,4-7,9H2,1H3. The largest absolute Gasteiger partial charge is 0.484 e. The van der Waals surface area contributed by atoms with Crippen LogP contribution in [0.15, 0.2) is 18.2 Å². The number of benzene rings is 1. The maximum absolute atomic E-state index is 11.8. The summed E-state index contributed by atoms with van der Waals surface area (Å²) in [7, 11) is 0. The van der Waals surface area contributed by atoms with Crippen LogP contribution in [0.5, 0.6) is 5.75 Å². The number of aryl methyl sites for hydroxylation is 1. The molecule has 1 aromatic carbocycles. The minimum Gasteiger partial charge on any atom is -0.484 e. The zero-order valence-electron chi connectivity index (χ0n) is 10.8. The van der Waals surface area contributed by atoms with Crippen molar-refractivity contribution < 1.29 is 19.7 Å². The molecule has 0 saturated carbocycles. The number of aliphatic hydroxyl groups excluding tert-OH is 2. The number of hydrogen-bond acceptors (Lipinski definition) is 4. The predicted molar refractivity (Wildman–Crippen MR) is 72.4 cm³/mol. The van der Waals surface area contributed by atoms with Gasteiger partial charge in [-0.05, 0) is 30.7 Å². The monoisotopic (exact) mass is 287 g/mol. The molecule has 1 amide bonds. The Bertz CT molecular complexity index is 419. The van der Waals surface area contributed by atoms with Crippen LogP contribution in [0.1, 0.15) is 5.56 Å². The summed E-state index contributed by atoms with van der Waals surface area (Å²) in [5.41, 5.74) is 0.870. The van der Waals surface area contributed by atoms with Gasteiger partial charge in [0.05, 0.1) is 13.2 Å². The Balaban J connectivity index is 2.54. The summed E-state index contributed by atoms with van der Waals surface area (Å²) in [5, 5.41) is 18.3. The fourth-order valence-corrected chi connectivity index (χ4v) is 1.66. The molecule has 0 heterocycles. The van der Waals surface area contributed by atoms with E-state index < -0.39 is 0 Å². The van der Waals surface area contributed by atoms with Gasteiger partial charge >= 0.3 is 0 Å². The fourth-order valence-electron chi connectivity index (χ4n) is 1.55. The van der Waals surface area contributed by atoms with Gasteiger partial charge in [-0.1, -0.05) is 11.6 Å². The second-order valence-corrected chi connectivity index (χ2v) is 4.43. The second-order valence-electron chi connectivity index (χ2n) is 4.03. The van der Waals surface area contributed by atoms with Crippen molar-refractivity contribution >= 4 is 17.5 Å².